The van der Waals surface area contributed by atoms with Crippen molar-refractivity contribution in [3.05, 3.63) is 0 Å². The maximum Gasteiger partial charge on any atom is 0.232 e. The van der Waals surface area contributed by atoms with Gasteiger partial charge >= 0.3 is 0 Å². The molecule has 0 aromatic rings. The SMILES string of the molecule is O=C(CSC1CCNCC1)N1CCC2(O)CCCCC2C1. The van der Waals surface area contributed by atoms with Crippen molar-refractivity contribution in [3.8, 4) is 0 Å². The molecule has 3 rings (SSSR count). The molecule has 3 fully saturated rings. The molecule has 2 N–H and O–H groups in total. The standard InChI is InChI=1S/C16H28N2O2S/c19-15(12-21-14-4-8-17-9-5-14)18-10-7-16(20)6-2-1-3-13(16)11-18/h13-14,17,20H,1-12H2. The molecular weight excluding hydrogens is 284 g/mol. The third kappa shape index (κ3) is 3.74. The molecule has 1 amide bonds. The fraction of sp³-hybridized carbons (Fsp3) is 0.938. The number of aliphatic hydroxyl groups is 1. The van der Waals surface area contributed by atoms with Gasteiger partial charge in [-0.3, -0.25) is 4.79 Å². The number of hydrogen-bond acceptors (Lipinski definition) is 4. The molecule has 4 nitrogen and oxygen atoms in total. The third-order valence-electron chi connectivity index (χ3n) is 5.51. The number of hydrogen-bond donors (Lipinski definition) is 2. The Hall–Kier alpha value is -0.260. The van der Waals surface area contributed by atoms with Gasteiger partial charge in [0.15, 0.2) is 0 Å². The van der Waals surface area contributed by atoms with Crippen LogP contribution in [0.2, 0.25) is 0 Å². The van der Waals surface area contributed by atoms with Crippen molar-refractivity contribution in [2.24, 2.45) is 5.92 Å². The van der Waals surface area contributed by atoms with Crippen LogP contribution in [-0.4, -0.2) is 58.7 Å². The summed E-state index contributed by atoms with van der Waals surface area (Å²) in [6.45, 7) is 3.70. The van der Waals surface area contributed by atoms with Gasteiger partial charge in [-0.15, -0.1) is 11.8 Å². The molecule has 0 aromatic carbocycles. The first-order chi connectivity index (χ1) is 10.2. The van der Waals surface area contributed by atoms with E-state index in [1.165, 1.54) is 19.3 Å². The molecule has 2 aliphatic heterocycles. The van der Waals surface area contributed by atoms with Crippen LogP contribution in [0.15, 0.2) is 0 Å². The second-order valence-electron chi connectivity index (χ2n) is 6.90. The van der Waals surface area contributed by atoms with Crippen molar-refractivity contribution in [2.45, 2.75) is 55.8 Å². The second kappa shape index (κ2) is 6.88. The number of amides is 1. The van der Waals surface area contributed by atoms with E-state index in [9.17, 15) is 9.90 Å². The van der Waals surface area contributed by atoms with Crippen molar-refractivity contribution in [3.63, 3.8) is 0 Å². The predicted molar refractivity (Wildman–Crippen MR) is 86.5 cm³/mol. The Morgan fingerprint density at radius 1 is 1.24 bits per heavy atom. The van der Waals surface area contributed by atoms with Gasteiger partial charge in [-0.25, -0.2) is 0 Å². The van der Waals surface area contributed by atoms with Gasteiger partial charge < -0.3 is 15.3 Å². The highest BCUT2D eigenvalue weighted by molar-refractivity contribution is 8.00. The third-order valence-corrected chi connectivity index (χ3v) is 6.87. The Balaban J connectivity index is 1.47. The Morgan fingerprint density at radius 3 is 2.86 bits per heavy atom. The lowest BCUT2D eigenvalue weighted by molar-refractivity contribution is -0.140. The molecule has 2 atom stereocenters. The highest BCUT2D eigenvalue weighted by Gasteiger charge is 2.43. The van der Waals surface area contributed by atoms with E-state index in [-0.39, 0.29) is 5.91 Å². The minimum absolute atomic E-state index is 0.283. The van der Waals surface area contributed by atoms with Crippen LogP contribution >= 0.6 is 11.8 Å². The zero-order valence-electron chi connectivity index (χ0n) is 12.9. The molecule has 0 bridgehead atoms. The Kier molecular flexibility index (Phi) is 5.12. The maximum atomic E-state index is 12.4. The van der Waals surface area contributed by atoms with Crippen LogP contribution in [0.3, 0.4) is 0 Å². The van der Waals surface area contributed by atoms with Crippen molar-refractivity contribution in [2.75, 3.05) is 31.9 Å². The molecular formula is C16H28N2O2S. The molecule has 21 heavy (non-hydrogen) atoms. The molecule has 120 valence electrons. The summed E-state index contributed by atoms with van der Waals surface area (Å²) in [5.74, 6) is 1.22. The molecule has 1 saturated carbocycles. The fourth-order valence-corrected chi connectivity index (χ4v) is 5.17. The van der Waals surface area contributed by atoms with Crippen LogP contribution in [-0.2, 0) is 4.79 Å². The van der Waals surface area contributed by atoms with Gasteiger partial charge in [0.05, 0.1) is 11.4 Å². The highest BCUT2D eigenvalue weighted by Crippen LogP contribution is 2.39. The van der Waals surface area contributed by atoms with Gasteiger partial charge in [-0.05, 0) is 45.2 Å². The van der Waals surface area contributed by atoms with E-state index in [1.54, 1.807) is 0 Å². The summed E-state index contributed by atoms with van der Waals surface area (Å²) in [6, 6.07) is 0. The topological polar surface area (TPSA) is 52.6 Å². The summed E-state index contributed by atoms with van der Waals surface area (Å²) in [4.78, 5) is 14.4. The van der Waals surface area contributed by atoms with Crippen LogP contribution in [0.5, 0.6) is 0 Å². The van der Waals surface area contributed by atoms with E-state index >= 15 is 0 Å². The monoisotopic (exact) mass is 312 g/mol. The summed E-state index contributed by atoms with van der Waals surface area (Å²) in [5.41, 5.74) is -0.475. The normalized spacial score (nSPS) is 34.5. The first kappa shape index (κ1) is 15.6. The molecule has 0 aromatic heterocycles. The van der Waals surface area contributed by atoms with E-state index in [0.29, 0.717) is 16.9 Å². The second-order valence-corrected chi connectivity index (χ2v) is 8.19. The first-order valence-electron chi connectivity index (χ1n) is 8.50. The minimum Gasteiger partial charge on any atom is -0.389 e. The van der Waals surface area contributed by atoms with Crippen molar-refractivity contribution < 1.29 is 9.90 Å². The van der Waals surface area contributed by atoms with Gasteiger partial charge in [-0.2, -0.15) is 0 Å². The highest BCUT2D eigenvalue weighted by atomic mass is 32.2. The van der Waals surface area contributed by atoms with Crippen molar-refractivity contribution in [1.82, 2.24) is 10.2 Å². The quantitative estimate of drug-likeness (QED) is 0.831. The van der Waals surface area contributed by atoms with Crippen LogP contribution < -0.4 is 5.32 Å². The minimum atomic E-state index is -0.475. The molecule has 2 saturated heterocycles. The average Bonchev–Trinajstić information content (AvgIpc) is 2.52. The first-order valence-corrected chi connectivity index (χ1v) is 9.55. The van der Waals surface area contributed by atoms with E-state index in [1.807, 2.05) is 16.7 Å². The molecule has 5 heteroatoms. The smallest absolute Gasteiger partial charge is 0.232 e. The summed E-state index contributed by atoms with van der Waals surface area (Å²) in [5, 5.41) is 14.7. The van der Waals surface area contributed by atoms with Gasteiger partial charge in [-0.1, -0.05) is 12.8 Å². The number of fused-ring (bicyclic) bond motifs is 1. The predicted octanol–water partition coefficient (Wildman–Crippen LogP) is 1.63. The lowest BCUT2D eigenvalue weighted by Crippen LogP contribution is -2.55. The van der Waals surface area contributed by atoms with Crippen LogP contribution in [0, 0.1) is 5.92 Å². The van der Waals surface area contributed by atoms with Crippen LogP contribution in [0.1, 0.15) is 44.9 Å². The summed E-state index contributed by atoms with van der Waals surface area (Å²) < 4.78 is 0. The number of nitrogens with zero attached hydrogens (tertiary/aromatic N) is 1. The summed E-state index contributed by atoms with van der Waals surface area (Å²) in [7, 11) is 0. The Labute approximate surface area is 132 Å². The number of piperidine rings is 2. The van der Waals surface area contributed by atoms with Gasteiger partial charge in [0.1, 0.15) is 0 Å². The molecule has 3 aliphatic rings. The largest absolute Gasteiger partial charge is 0.389 e. The van der Waals surface area contributed by atoms with E-state index in [0.717, 1.165) is 51.9 Å². The number of nitrogens with one attached hydrogen (secondary N) is 1. The van der Waals surface area contributed by atoms with Crippen LogP contribution in [0.4, 0.5) is 0 Å². The lowest BCUT2D eigenvalue weighted by atomic mass is 9.71. The lowest BCUT2D eigenvalue weighted by Gasteiger charge is -2.47. The van der Waals surface area contributed by atoms with Gasteiger partial charge in [0, 0.05) is 24.3 Å². The fourth-order valence-electron chi connectivity index (χ4n) is 4.04. The number of likely N-dealkylation sites (tertiary alicyclic amines) is 1. The average molecular weight is 312 g/mol. The van der Waals surface area contributed by atoms with E-state index < -0.39 is 5.60 Å². The zero-order valence-corrected chi connectivity index (χ0v) is 13.7. The molecule has 0 radical (unpaired) electrons. The summed E-state index contributed by atoms with van der Waals surface area (Å²) >= 11 is 1.83. The molecule has 2 heterocycles. The zero-order chi connectivity index (χ0) is 14.7. The molecule has 2 unspecified atom stereocenters. The molecule has 1 aliphatic carbocycles. The van der Waals surface area contributed by atoms with E-state index in [2.05, 4.69) is 5.32 Å². The van der Waals surface area contributed by atoms with Gasteiger partial charge in [0.2, 0.25) is 5.91 Å². The van der Waals surface area contributed by atoms with Gasteiger partial charge in [0.25, 0.3) is 0 Å². The Bertz CT molecular complexity index is 373. The maximum absolute atomic E-state index is 12.4. The van der Waals surface area contributed by atoms with E-state index in [4.69, 9.17) is 0 Å². The van der Waals surface area contributed by atoms with Crippen LogP contribution in [0.25, 0.3) is 0 Å². The number of carbonyl (C=O) groups excluding carboxylic acids is 1. The number of carbonyl (C=O) groups is 1. The van der Waals surface area contributed by atoms with Crippen molar-refractivity contribution in [1.29, 1.82) is 0 Å². The molecule has 0 spiro atoms. The Morgan fingerprint density at radius 2 is 2.05 bits per heavy atom. The number of rotatable bonds is 3. The summed E-state index contributed by atoms with van der Waals surface area (Å²) in [6.07, 6.45) is 7.51. The van der Waals surface area contributed by atoms with Crippen molar-refractivity contribution >= 4 is 17.7 Å². The number of thioether (sulfide) groups is 1.